The van der Waals surface area contributed by atoms with Crippen LogP contribution in [0.1, 0.15) is 0 Å². The number of nitrogens with zero attached hydrogens (tertiary/aromatic N) is 3. The predicted octanol–water partition coefficient (Wildman–Crippen LogP) is 2.37. The van der Waals surface area contributed by atoms with Crippen LogP contribution in [-0.4, -0.2) is 70.2 Å². The van der Waals surface area contributed by atoms with E-state index < -0.39 is 6.10 Å². The fraction of sp³-hybridized carbons (Fsp3) is 0.300. The summed E-state index contributed by atoms with van der Waals surface area (Å²) in [5.41, 5.74) is 3.58. The van der Waals surface area contributed by atoms with Crippen LogP contribution in [0.4, 0.5) is 10.5 Å². The molecule has 0 unspecified atom stereocenters. The summed E-state index contributed by atoms with van der Waals surface area (Å²) in [6.45, 7) is 0.850. The number of carbonyl (C=O) groups is 1. The topological polar surface area (TPSA) is 84.5 Å². The first-order valence-electron chi connectivity index (χ1n) is 8.97. The van der Waals surface area contributed by atoms with Gasteiger partial charge in [0.2, 0.25) is 0 Å². The lowest BCUT2D eigenvalue weighted by atomic mass is 10.2. The molecule has 7 heteroatoms. The highest BCUT2D eigenvalue weighted by molar-refractivity contribution is 5.90. The van der Waals surface area contributed by atoms with Crippen LogP contribution in [0.15, 0.2) is 48.5 Å². The van der Waals surface area contributed by atoms with E-state index in [2.05, 4.69) is 15.3 Å². The third-order valence-corrected chi connectivity index (χ3v) is 5.01. The number of anilines is 1. The number of aromatic nitrogens is 2. The number of rotatable bonds is 3. The average Bonchev–Trinajstić information content (AvgIpc) is 3.26. The number of H-pyrrole nitrogens is 1. The Morgan fingerprint density at radius 3 is 2.59 bits per heavy atom. The van der Waals surface area contributed by atoms with Crippen molar-refractivity contribution in [1.29, 1.82) is 0 Å². The zero-order valence-electron chi connectivity index (χ0n) is 15.4. The Morgan fingerprint density at radius 2 is 1.93 bits per heavy atom. The highest BCUT2D eigenvalue weighted by atomic mass is 16.3. The highest BCUT2D eigenvalue weighted by Crippen LogP contribution is 2.22. The van der Waals surface area contributed by atoms with E-state index in [1.165, 1.54) is 0 Å². The second kappa shape index (κ2) is 7.02. The molecule has 3 aromatic rings. The molecule has 140 valence electrons. The number of benzene rings is 2. The molecule has 0 bridgehead atoms. The van der Waals surface area contributed by atoms with E-state index in [4.69, 9.17) is 0 Å². The minimum absolute atomic E-state index is 0.0359. The Hall–Kier alpha value is -2.90. The summed E-state index contributed by atoms with van der Waals surface area (Å²) < 4.78 is 0. The highest BCUT2D eigenvalue weighted by Gasteiger charge is 2.35. The third-order valence-electron chi connectivity index (χ3n) is 5.01. The lowest BCUT2D eigenvalue weighted by Gasteiger charge is -2.21. The van der Waals surface area contributed by atoms with E-state index in [1.54, 1.807) is 4.90 Å². The molecule has 2 heterocycles. The van der Waals surface area contributed by atoms with Crippen molar-refractivity contribution in [2.45, 2.75) is 12.1 Å². The maximum atomic E-state index is 12.5. The molecule has 0 saturated carbocycles. The van der Waals surface area contributed by atoms with Crippen LogP contribution in [0.3, 0.4) is 0 Å². The molecule has 1 aromatic heterocycles. The third kappa shape index (κ3) is 3.51. The molecular weight excluding hydrogens is 342 g/mol. The Labute approximate surface area is 157 Å². The molecular formula is C20H23N5O2. The van der Waals surface area contributed by atoms with Crippen LogP contribution < -0.4 is 5.32 Å². The largest absolute Gasteiger partial charge is 0.390 e. The Bertz CT molecular complexity index is 917. The molecule has 1 fully saturated rings. The number of para-hydroxylation sites is 2. The maximum absolute atomic E-state index is 12.5. The molecule has 2 atom stereocenters. The standard InChI is InChI=1S/C20H23N5O2/c1-24(2)17-11-25(12-18(17)26)20(27)21-14-9-7-13(8-10-14)19-22-15-5-3-4-6-16(15)23-19/h3-10,17-18,26H,11-12H2,1-2H3,(H,21,27)(H,22,23)/t17-,18-/m1/s1. The van der Waals surface area contributed by atoms with E-state index in [-0.39, 0.29) is 12.1 Å². The van der Waals surface area contributed by atoms with Crippen molar-refractivity contribution >= 4 is 22.8 Å². The summed E-state index contributed by atoms with van der Waals surface area (Å²) in [6.07, 6.45) is -0.527. The molecule has 0 aliphatic carbocycles. The van der Waals surface area contributed by atoms with Crippen molar-refractivity contribution in [2.24, 2.45) is 0 Å². The van der Waals surface area contributed by atoms with E-state index >= 15 is 0 Å². The number of amides is 2. The fourth-order valence-corrected chi connectivity index (χ4v) is 3.45. The van der Waals surface area contributed by atoms with Gasteiger partial charge in [0.05, 0.1) is 29.7 Å². The van der Waals surface area contributed by atoms with Gasteiger partial charge in [0.15, 0.2) is 0 Å². The summed E-state index contributed by atoms with van der Waals surface area (Å²) in [6, 6.07) is 15.2. The molecule has 2 amide bonds. The van der Waals surface area contributed by atoms with Gasteiger partial charge in [-0.05, 0) is 50.5 Å². The van der Waals surface area contributed by atoms with E-state index in [9.17, 15) is 9.90 Å². The fourth-order valence-electron chi connectivity index (χ4n) is 3.45. The zero-order chi connectivity index (χ0) is 19.0. The van der Waals surface area contributed by atoms with Crippen LogP contribution in [0.25, 0.3) is 22.4 Å². The SMILES string of the molecule is CN(C)[C@@H]1CN(C(=O)Nc2ccc(-c3nc4ccccc4[nH]3)cc2)C[C@H]1O. The van der Waals surface area contributed by atoms with E-state index in [0.717, 1.165) is 22.4 Å². The number of imidazole rings is 1. The van der Waals surface area contributed by atoms with Crippen molar-refractivity contribution in [3.8, 4) is 11.4 Å². The summed E-state index contributed by atoms with van der Waals surface area (Å²) >= 11 is 0. The lowest BCUT2D eigenvalue weighted by molar-refractivity contribution is 0.113. The van der Waals surface area contributed by atoms with Gasteiger partial charge in [-0.15, -0.1) is 0 Å². The van der Waals surface area contributed by atoms with Crippen molar-refractivity contribution < 1.29 is 9.90 Å². The number of likely N-dealkylation sites (N-methyl/N-ethyl adjacent to an activating group) is 1. The quantitative estimate of drug-likeness (QED) is 0.665. The minimum Gasteiger partial charge on any atom is -0.390 e. The summed E-state index contributed by atoms with van der Waals surface area (Å²) in [4.78, 5) is 23.9. The monoisotopic (exact) mass is 365 g/mol. The van der Waals surface area contributed by atoms with Gasteiger partial charge in [0.1, 0.15) is 5.82 Å². The molecule has 0 spiro atoms. The number of urea groups is 1. The smallest absolute Gasteiger partial charge is 0.321 e. The van der Waals surface area contributed by atoms with Gasteiger partial charge in [-0.2, -0.15) is 0 Å². The molecule has 4 rings (SSSR count). The average molecular weight is 365 g/mol. The summed E-state index contributed by atoms with van der Waals surface area (Å²) in [7, 11) is 3.82. The Kier molecular flexibility index (Phi) is 4.55. The maximum Gasteiger partial charge on any atom is 0.321 e. The first-order chi connectivity index (χ1) is 13.0. The van der Waals surface area contributed by atoms with Crippen LogP contribution in [0, 0.1) is 0 Å². The number of fused-ring (bicyclic) bond motifs is 1. The number of hydrogen-bond acceptors (Lipinski definition) is 4. The molecule has 7 nitrogen and oxygen atoms in total. The van der Waals surface area contributed by atoms with Crippen molar-refractivity contribution in [3.63, 3.8) is 0 Å². The van der Waals surface area contributed by atoms with Crippen molar-refractivity contribution in [3.05, 3.63) is 48.5 Å². The molecule has 1 aliphatic rings. The Balaban J connectivity index is 1.44. The van der Waals surface area contributed by atoms with Gasteiger partial charge in [-0.3, -0.25) is 0 Å². The van der Waals surface area contributed by atoms with Gasteiger partial charge < -0.3 is 25.2 Å². The zero-order valence-corrected chi connectivity index (χ0v) is 15.4. The molecule has 2 aromatic carbocycles. The molecule has 1 saturated heterocycles. The first kappa shape index (κ1) is 17.5. The normalized spacial score (nSPS) is 19.8. The number of carbonyl (C=O) groups excluding carboxylic acids is 1. The number of nitrogens with one attached hydrogen (secondary N) is 2. The second-order valence-electron chi connectivity index (χ2n) is 7.11. The number of aliphatic hydroxyl groups is 1. The summed E-state index contributed by atoms with van der Waals surface area (Å²) in [5.74, 6) is 0.797. The molecule has 0 radical (unpaired) electrons. The van der Waals surface area contributed by atoms with Crippen molar-refractivity contribution in [2.75, 3.05) is 32.5 Å². The van der Waals surface area contributed by atoms with Crippen molar-refractivity contribution in [1.82, 2.24) is 19.8 Å². The van der Waals surface area contributed by atoms with Gasteiger partial charge in [-0.1, -0.05) is 12.1 Å². The second-order valence-corrected chi connectivity index (χ2v) is 7.11. The molecule has 27 heavy (non-hydrogen) atoms. The Morgan fingerprint density at radius 1 is 1.19 bits per heavy atom. The van der Waals surface area contributed by atoms with Gasteiger partial charge >= 0.3 is 6.03 Å². The number of likely N-dealkylation sites (tertiary alicyclic amines) is 1. The first-order valence-corrected chi connectivity index (χ1v) is 8.97. The number of aliphatic hydroxyl groups excluding tert-OH is 1. The predicted molar refractivity (Wildman–Crippen MR) is 106 cm³/mol. The number of hydrogen-bond donors (Lipinski definition) is 3. The van der Waals surface area contributed by atoms with Gasteiger partial charge in [0.25, 0.3) is 0 Å². The number of β-amino-alcohol motifs (C(OH)–C–C–N with tert-alkyl or cyclic N) is 1. The minimum atomic E-state index is -0.527. The lowest BCUT2D eigenvalue weighted by Crippen LogP contribution is -2.38. The summed E-state index contributed by atoms with van der Waals surface area (Å²) in [5, 5.41) is 13.0. The van der Waals surface area contributed by atoms with E-state index in [1.807, 2.05) is 67.5 Å². The van der Waals surface area contributed by atoms with Crippen LogP contribution in [0.5, 0.6) is 0 Å². The van der Waals surface area contributed by atoms with Crippen LogP contribution in [-0.2, 0) is 0 Å². The van der Waals surface area contributed by atoms with Gasteiger partial charge in [-0.25, -0.2) is 9.78 Å². The number of aromatic amines is 1. The molecule has 3 N–H and O–H groups in total. The van der Waals surface area contributed by atoms with E-state index in [0.29, 0.717) is 18.8 Å². The van der Waals surface area contributed by atoms with Crippen LogP contribution >= 0.6 is 0 Å². The van der Waals surface area contributed by atoms with Gasteiger partial charge in [0, 0.05) is 17.8 Å². The van der Waals surface area contributed by atoms with Crippen LogP contribution in [0.2, 0.25) is 0 Å². The molecule has 1 aliphatic heterocycles.